The Morgan fingerprint density at radius 1 is 0.476 bits per heavy atom. The zero-order valence-electron chi connectivity index (χ0n) is 40.2. The Morgan fingerprint density at radius 3 is 1.29 bits per heavy atom. The number of aliphatic carboxylic acids is 1. The van der Waals surface area contributed by atoms with Crippen LogP contribution in [-0.2, 0) is 28.6 Å². The minimum atomic E-state index is -1.14. The Hall–Kier alpha value is -4.27. The van der Waals surface area contributed by atoms with E-state index in [1.165, 1.54) is 12.8 Å². The topological polar surface area (TPSA) is 102 Å². The Kier molecular flexibility index (Phi) is 41.3. The fourth-order valence-corrected chi connectivity index (χ4v) is 6.19. The molecule has 0 aliphatic rings. The van der Waals surface area contributed by atoms with Crippen LogP contribution in [0.2, 0.25) is 0 Å². The van der Waals surface area contributed by atoms with E-state index in [0.29, 0.717) is 12.8 Å². The van der Waals surface area contributed by atoms with Crippen molar-refractivity contribution in [3.63, 3.8) is 0 Å². The molecule has 8 nitrogen and oxygen atoms in total. The molecule has 0 bridgehead atoms. The van der Waals surface area contributed by atoms with Crippen molar-refractivity contribution in [2.24, 2.45) is 0 Å². The van der Waals surface area contributed by atoms with Crippen LogP contribution in [0.1, 0.15) is 155 Å². The normalized spacial score (nSPS) is 14.0. The van der Waals surface area contributed by atoms with E-state index in [0.717, 1.165) is 103 Å². The van der Waals surface area contributed by atoms with Crippen LogP contribution in [0.25, 0.3) is 0 Å². The molecule has 0 saturated carbocycles. The lowest BCUT2D eigenvalue weighted by Gasteiger charge is -2.34. The first-order valence-corrected chi connectivity index (χ1v) is 24.1. The van der Waals surface area contributed by atoms with Crippen molar-refractivity contribution in [2.45, 2.75) is 167 Å². The molecule has 0 aromatic rings. The molecule has 0 radical (unpaired) electrons. The molecule has 2 atom stereocenters. The summed E-state index contributed by atoms with van der Waals surface area (Å²) in [6.45, 7) is 4.33. The number of unbranched alkanes of at least 4 members (excludes halogenated alkanes) is 7. The molecule has 0 saturated heterocycles. The van der Waals surface area contributed by atoms with Gasteiger partial charge in [-0.3, -0.25) is 9.59 Å². The molecule has 63 heavy (non-hydrogen) atoms. The maximum absolute atomic E-state index is 12.7. The Balaban J connectivity index is 4.42. The molecular weight excluding hydrogens is 787 g/mol. The first kappa shape index (κ1) is 58.7. The smallest absolute Gasteiger partial charge is 0.306 e. The SMILES string of the molecule is CC/C=C/C/C=C/C/C=C/C/C=C/C/C=C/CCCCCCCCC(=O)OCC(COCCC(C(=O)[O-])[N+](C)(C)C)OC(=O)CCC/C=C/C/C=C/C/C=C/C/C=C/C/C=C/CC. The molecule has 0 aromatic heterocycles. The fraction of sp³-hybridized carbons (Fsp3) is 0.582. The summed E-state index contributed by atoms with van der Waals surface area (Å²) >= 11 is 0. The van der Waals surface area contributed by atoms with E-state index in [-0.39, 0.29) is 49.1 Å². The van der Waals surface area contributed by atoms with Gasteiger partial charge in [0.05, 0.1) is 40.3 Å². The van der Waals surface area contributed by atoms with Gasteiger partial charge < -0.3 is 28.6 Å². The number of likely N-dealkylation sites (N-methyl/N-ethyl adjacent to an activating group) is 1. The zero-order chi connectivity index (χ0) is 46.3. The van der Waals surface area contributed by atoms with Gasteiger partial charge in [0.2, 0.25) is 0 Å². The van der Waals surface area contributed by atoms with Gasteiger partial charge in [0.25, 0.3) is 0 Å². The summed E-state index contributed by atoms with van der Waals surface area (Å²) in [6, 6.07) is -0.747. The number of carbonyl (C=O) groups is 3. The molecule has 0 aromatic carbocycles. The van der Waals surface area contributed by atoms with Gasteiger partial charge in [-0.05, 0) is 96.3 Å². The molecule has 0 amide bonds. The number of hydrogen-bond donors (Lipinski definition) is 0. The lowest BCUT2D eigenvalue weighted by atomic mass is 10.1. The Labute approximate surface area is 384 Å². The van der Waals surface area contributed by atoms with E-state index in [4.69, 9.17) is 14.2 Å². The third-order valence-corrected chi connectivity index (χ3v) is 9.84. The van der Waals surface area contributed by atoms with Crippen molar-refractivity contribution in [1.82, 2.24) is 0 Å². The number of rotatable bonds is 41. The van der Waals surface area contributed by atoms with Gasteiger partial charge >= 0.3 is 11.9 Å². The van der Waals surface area contributed by atoms with Crippen LogP contribution in [0.3, 0.4) is 0 Å². The molecule has 0 aliphatic carbocycles. The molecule has 2 unspecified atom stereocenters. The number of quaternary nitrogens is 1. The number of carboxylic acid groups (broad SMARTS) is 1. The van der Waals surface area contributed by atoms with Crippen molar-refractivity contribution in [3.8, 4) is 0 Å². The second-order valence-electron chi connectivity index (χ2n) is 16.6. The highest BCUT2D eigenvalue weighted by Crippen LogP contribution is 2.12. The van der Waals surface area contributed by atoms with E-state index in [1.807, 2.05) is 0 Å². The third-order valence-electron chi connectivity index (χ3n) is 9.84. The molecule has 354 valence electrons. The van der Waals surface area contributed by atoms with Crippen molar-refractivity contribution in [3.05, 3.63) is 122 Å². The number of allylic oxidation sites excluding steroid dienone is 20. The molecule has 0 rings (SSSR count). The van der Waals surface area contributed by atoms with Crippen LogP contribution >= 0.6 is 0 Å². The van der Waals surface area contributed by atoms with Crippen LogP contribution < -0.4 is 5.11 Å². The minimum Gasteiger partial charge on any atom is -0.544 e. The molecule has 0 N–H and O–H groups in total. The van der Waals surface area contributed by atoms with Gasteiger partial charge in [0.15, 0.2) is 6.10 Å². The number of carboxylic acids is 1. The monoisotopic (exact) mass is 874 g/mol. The number of nitrogens with zero attached hydrogens (tertiary/aromatic N) is 1. The number of carbonyl (C=O) groups excluding carboxylic acids is 3. The molecule has 0 aliphatic heterocycles. The number of esters is 2. The second kappa shape index (κ2) is 44.3. The van der Waals surface area contributed by atoms with Crippen molar-refractivity contribution in [2.75, 3.05) is 41.0 Å². The summed E-state index contributed by atoms with van der Waals surface area (Å²) in [6.07, 6.45) is 62.3. The largest absolute Gasteiger partial charge is 0.544 e. The summed E-state index contributed by atoms with van der Waals surface area (Å²) in [5.74, 6) is -1.85. The van der Waals surface area contributed by atoms with Gasteiger partial charge in [-0.15, -0.1) is 0 Å². The summed E-state index contributed by atoms with van der Waals surface area (Å²) in [4.78, 5) is 37.0. The average Bonchev–Trinajstić information content (AvgIpc) is 3.24. The molecule has 0 heterocycles. The lowest BCUT2D eigenvalue weighted by Crippen LogP contribution is -2.55. The molecule has 0 spiro atoms. The van der Waals surface area contributed by atoms with Gasteiger partial charge in [-0.2, -0.15) is 0 Å². The predicted octanol–water partition coefficient (Wildman–Crippen LogP) is 12.5. The maximum Gasteiger partial charge on any atom is 0.306 e. The fourth-order valence-electron chi connectivity index (χ4n) is 6.19. The first-order chi connectivity index (χ1) is 30.6. The predicted molar refractivity (Wildman–Crippen MR) is 263 cm³/mol. The van der Waals surface area contributed by atoms with E-state index in [2.05, 4.69) is 135 Å². The van der Waals surface area contributed by atoms with Crippen LogP contribution in [0, 0.1) is 0 Å². The highest BCUT2D eigenvalue weighted by Gasteiger charge is 2.25. The molecular formula is C55H87NO7. The highest BCUT2D eigenvalue weighted by molar-refractivity contribution is 5.70. The van der Waals surface area contributed by atoms with Crippen LogP contribution in [0.4, 0.5) is 0 Å². The summed E-state index contributed by atoms with van der Waals surface area (Å²) in [7, 11) is 5.37. The van der Waals surface area contributed by atoms with E-state index < -0.39 is 18.1 Å². The van der Waals surface area contributed by atoms with Gasteiger partial charge in [-0.25, -0.2) is 0 Å². The molecule has 8 heteroatoms. The van der Waals surface area contributed by atoms with Crippen LogP contribution in [0.15, 0.2) is 122 Å². The quantitative estimate of drug-likeness (QED) is 0.0261. The zero-order valence-corrected chi connectivity index (χ0v) is 40.2. The van der Waals surface area contributed by atoms with E-state index in [1.54, 1.807) is 21.1 Å². The van der Waals surface area contributed by atoms with Gasteiger partial charge in [0.1, 0.15) is 12.6 Å². The van der Waals surface area contributed by atoms with Crippen LogP contribution in [0.5, 0.6) is 0 Å². The highest BCUT2D eigenvalue weighted by atomic mass is 16.6. The number of ether oxygens (including phenoxy) is 3. The summed E-state index contributed by atoms with van der Waals surface area (Å²) < 4.78 is 17.1. The van der Waals surface area contributed by atoms with Crippen LogP contribution in [-0.4, -0.2) is 75.5 Å². The number of hydrogen-bond acceptors (Lipinski definition) is 7. The average molecular weight is 874 g/mol. The summed E-state index contributed by atoms with van der Waals surface area (Å²) in [5, 5.41) is 11.6. The third kappa shape index (κ3) is 42.8. The minimum absolute atomic E-state index is 0.00429. The summed E-state index contributed by atoms with van der Waals surface area (Å²) in [5.41, 5.74) is 0. The first-order valence-electron chi connectivity index (χ1n) is 24.1. The maximum atomic E-state index is 12.7. The van der Waals surface area contributed by atoms with Crippen molar-refractivity contribution >= 4 is 17.9 Å². The van der Waals surface area contributed by atoms with Gasteiger partial charge in [-0.1, -0.05) is 161 Å². The lowest BCUT2D eigenvalue weighted by molar-refractivity contribution is -0.889. The van der Waals surface area contributed by atoms with Crippen molar-refractivity contribution in [1.29, 1.82) is 0 Å². The Bertz CT molecular complexity index is 1440. The van der Waals surface area contributed by atoms with Crippen molar-refractivity contribution < 1.29 is 38.2 Å². The molecule has 0 fully saturated rings. The standard InChI is InChI=1S/C55H87NO7/c1-6-8-10-12-14-16-18-20-22-24-25-26-27-28-30-31-33-35-37-39-41-43-45-53(57)62-50-51(49-61-48-47-52(55(59)60)56(3,4)5)63-54(58)46-44-42-40-38-36-34-32-29-23-21-19-17-15-13-11-9-7-2/h8-11,14-17,20-23,25-26,28,30,32,34,38,40,51-52H,6-7,12-13,18-19,24,27,29,31,33,35-37,39,41-50H2,1-5H3/b10-8+,11-9+,16-14+,17-15+,22-20+,23-21+,26-25+,30-28+,34-32+,40-38+. The van der Waals surface area contributed by atoms with Gasteiger partial charge in [0, 0.05) is 19.3 Å². The second-order valence-corrected chi connectivity index (χ2v) is 16.6. The van der Waals surface area contributed by atoms with E-state index >= 15 is 0 Å². The Morgan fingerprint density at radius 2 is 0.857 bits per heavy atom. The van der Waals surface area contributed by atoms with E-state index in [9.17, 15) is 19.5 Å².